The van der Waals surface area contributed by atoms with E-state index in [1.165, 1.54) is 29.2 Å². The minimum Gasteiger partial charge on any atom is -0.492 e. The van der Waals surface area contributed by atoms with Gasteiger partial charge < -0.3 is 14.4 Å². The van der Waals surface area contributed by atoms with Crippen LogP contribution in [-0.4, -0.2) is 30.0 Å². The predicted molar refractivity (Wildman–Crippen MR) is 96.8 cm³/mol. The van der Waals surface area contributed by atoms with E-state index in [2.05, 4.69) is 0 Å². The van der Waals surface area contributed by atoms with Gasteiger partial charge in [-0.05, 0) is 31.2 Å². The number of nitro benzene ring substituents is 1. The minimum atomic E-state index is -0.623. The Kier molecular flexibility index (Phi) is 5.35. The van der Waals surface area contributed by atoms with E-state index in [4.69, 9.17) is 9.47 Å². The zero-order valence-electron chi connectivity index (χ0n) is 14.7. The number of anilines is 1. The fourth-order valence-electron chi connectivity index (χ4n) is 2.89. The van der Waals surface area contributed by atoms with Crippen LogP contribution in [0.3, 0.4) is 0 Å². The highest BCUT2D eigenvalue weighted by Crippen LogP contribution is 2.33. The van der Waals surface area contributed by atoms with E-state index in [1.807, 2.05) is 13.0 Å². The zero-order chi connectivity index (χ0) is 19.4. The maximum Gasteiger partial charge on any atom is 0.316 e. The van der Waals surface area contributed by atoms with Crippen molar-refractivity contribution < 1.29 is 24.0 Å². The Morgan fingerprint density at radius 2 is 1.93 bits per heavy atom. The number of nitro groups is 1. The Balaban J connectivity index is 1.70. The van der Waals surface area contributed by atoms with Crippen LogP contribution < -0.4 is 14.4 Å². The first kappa shape index (κ1) is 18.4. The molecule has 0 aliphatic carbocycles. The largest absolute Gasteiger partial charge is 0.492 e. The highest BCUT2D eigenvalue weighted by molar-refractivity contribution is 6.00. The Hall–Kier alpha value is -3.42. The van der Waals surface area contributed by atoms with Gasteiger partial charge in [0, 0.05) is 25.1 Å². The quantitative estimate of drug-likeness (QED) is 0.335. The molecular weight excluding hydrogens is 352 g/mol. The van der Waals surface area contributed by atoms with Gasteiger partial charge in [-0.1, -0.05) is 12.1 Å². The molecule has 27 heavy (non-hydrogen) atoms. The van der Waals surface area contributed by atoms with Gasteiger partial charge in [-0.2, -0.15) is 0 Å². The van der Waals surface area contributed by atoms with Crippen LogP contribution in [0.15, 0.2) is 48.5 Å². The molecule has 1 aliphatic heterocycles. The van der Waals surface area contributed by atoms with Crippen LogP contribution in [-0.2, 0) is 9.59 Å². The van der Waals surface area contributed by atoms with E-state index in [0.29, 0.717) is 18.0 Å². The van der Waals surface area contributed by atoms with Crippen molar-refractivity contribution >= 4 is 23.3 Å². The number of nitrogens with zero attached hydrogens (tertiary/aromatic N) is 2. The molecule has 0 unspecified atom stereocenters. The number of esters is 1. The van der Waals surface area contributed by atoms with Gasteiger partial charge in [0.15, 0.2) is 0 Å². The minimum absolute atomic E-state index is 0.0340. The molecule has 1 heterocycles. The molecule has 8 nitrogen and oxygen atoms in total. The molecule has 0 bridgehead atoms. The number of carbonyl (C=O) groups is 2. The second-order valence-electron chi connectivity index (χ2n) is 5.98. The van der Waals surface area contributed by atoms with Gasteiger partial charge in [0.2, 0.25) is 5.91 Å². The number of hydrogen-bond acceptors (Lipinski definition) is 6. The molecule has 3 rings (SSSR count). The molecule has 1 fully saturated rings. The summed E-state index contributed by atoms with van der Waals surface area (Å²) in [7, 11) is 0. The Bertz CT molecular complexity index is 865. The van der Waals surface area contributed by atoms with Gasteiger partial charge in [0.05, 0.1) is 23.1 Å². The average Bonchev–Trinajstić information content (AvgIpc) is 3.05. The van der Waals surface area contributed by atoms with Crippen molar-refractivity contribution in [2.75, 3.05) is 18.1 Å². The summed E-state index contributed by atoms with van der Waals surface area (Å²) in [5.74, 6) is -0.576. The normalized spacial score (nSPS) is 16.3. The molecule has 0 aromatic heterocycles. The van der Waals surface area contributed by atoms with Crippen LogP contribution >= 0.6 is 0 Å². The zero-order valence-corrected chi connectivity index (χ0v) is 14.7. The number of amides is 1. The molecule has 0 radical (unpaired) electrons. The second-order valence-corrected chi connectivity index (χ2v) is 5.98. The van der Waals surface area contributed by atoms with E-state index in [9.17, 15) is 19.7 Å². The highest BCUT2D eigenvalue weighted by atomic mass is 16.6. The lowest BCUT2D eigenvalue weighted by atomic mass is 10.1. The van der Waals surface area contributed by atoms with Gasteiger partial charge in [-0.25, -0.2) is 0 Å². The number of hydrogen-bond donors (Lipinski definition) is 0. The van der Waals surface area contributed by atoms with E-state index in [0.717, 1.165) is 0 Å². The maximum atomic E-state index is 12.4. The summed E-state index contributed by atoms with van der Waals surface area (Å²) >= 11 is 0. The SMILES string of the molecule is CCOc1ccccc1N1C[C@H](C(=O)Oc2ccc([N+](=O)[O-])cc2)CC1=O. The third-order valence-electron chi connectivity index (χ3n) is 4.18. The Labute approximate surface area is 155 Å². The fraction of sp³-hybridized carbons (Fsp3) is 0.263. The van der Waals surface area contributed by atoms with Crippen molar-refractivity contribution in [2.45, 2.75) is 13.3 Å². The van der Waals surface area contributed by atoms with Crippen molar-refractivity contribution in [3.63, 3.8) is 0 Å². The lowest BCUT2D eigenvalue weighted by Gasteiger charge is -2.19. The summed E-state index contributed by atoms with van der Waals surface area (Å²) in [6.07, 6.45) is 0.0340. The lowest BCUT2D eigenvalue weighted by Crippen LogP contribution is -2.27. The van der Waals surface area contributed by atoms with Crippen LogP contribution in [0.25, 0.3) is 0 Å². The van der Waals surface area contributed by atoms with Crippen LogP contribution in [0.1, 0.15) is 13.3 Å². The second kappa shape index (κ2) is 7.86. The lowest BCUT2D eigenvalue weighted by molar-refractivity contribution is -0.384. The van der Waals surface area contributed by atoms with Crippen LogP contribution in [0.5, 0.6) is 11.5 Å². The molecule has 140 valence electrons. The van der Waals surface area contributed by atoms with E-state index >= 15 is 0 Å². The summed E-state index contributed by atoms with van der Waals surface area (Å²) in [5.41, 5.74) is 0.527. The predicted octanol–water partition coefficient (Wildman–Crippen LogP) is 2.95. The molecule has 1 amide bonds. The summed E-state index contributed by atoms with van der Waals surface area (Å²) < 4.78 is 10.8. The van der Waals surface area contributed by atoms with Crippen molar-refractivity contribution in [3.8, 4) is 11.5 Å². The summed E-state index contributed by atoms with van der Waals surface area (Å²) in [4.78, 5) is 36.5. The van der Waals surface area contributed by atoms with E-state index in [1.54, 1.807) is 18.2 Å². The highest BCUT2D eigenvalue weighted by Gasteiger charge is 2.37. The number of non-ortho nitro benzene ring substituents is 1. The van der Waals surface area contributed by atoms with Crippen molar-refractivity contribution in [3.05, 3.63) is 58.6 Å². The third-order valence-corrected chi connectivity index (χ3v) is 4.18. The first-order chi connectivity index (χ1) is 13.0. The number of benzene rings is 2. The third kappa shape index (κ3) is 4.05. The van der Waals surface area contributed by atoms with Gasteiger partial charge in [0.25, 0.3) is 5.69 Å². The molecule has 1 saturated heterocycles. The molecular formula is C19H18N2O6. The van der Waals surface area contributed by atoms with Gasteiger partial charge in [-0.15, -0.1) is 0 Å². The van der Waals surface area contributed by atoms with Crippen molar-refractivity contribution in [1.29, 1.82) is 0 Å². The molecule has 1 aliphatic rings. The van der Waals surface area contributed by atoms with Crippen LogP contribution in [0.4, 0.5) is 11.4 Å². The fourth-order valence-corrected chi connectivity index (χ4v) is 2.89. The molecule has 2 aromatic carbocycles. The average molecular weight is 370 g/mol. The molecule has 8 heteroatoms. The summed E-state index contributed by atoms with van der Waals surface area (Å²) in [5, 5.41) is 10.7. The number of para-hydroxylation sites is 2. The van der Waals surface area contributed by atoms with Gasteiger partial charge in [-0.3, -0.25) is 19.7 Å². The smallest absolute Gasteiger partial charge is 0.316 e. The van der Waals surface area contributed by atoms with Crippen LogP contribution in [0, 0.1) is 16.0 Å². The monoisotopic (exact) mass is 370 g/mol. The maximum absolute atomic E-state index is 12.4. The Morgan fingerprint density at radius 1 is 1.22 bits per heavy atom. The molecule has 1 atom stereocenters. The van der Waals surface area contributed by atoms with Gasteiger partial charge in [0.1, 0.15) is 11.5 Å². The van der Waals surface area contributed by atoms with E-state index in [-0.39, 0.29) is 30.3 Å². The first-order valence-electron chi connectivity index (χ1n) is 8.48. The topological polar surface area (TPSA) is 99.0 Å². The summed E-state index contributed by atoms with van der Waals surface area (Å²) in [6.45, 7) is 2.51. The number of rotatable bonds is 6. The number of ether oxygens (including phenoxy) is 2. The van der Waals surface area contributed by atoms with Crippen molar-refractivity contribution in [2.24, 2.45) is 5.92 Å². The standard InChI is InChI=1S/C19H18N2O6/c1-2-26-17-6-4-3-5-16(17)20-12-13(11-18(20)22)19(23)27-15-9-7-14(8-10-15)21(24)25/h3-10,13H,2,11-12H2,1H3/t13-/m1/s1. The summed E-state index contributed by atoms with van der Waals surface area (Å²) in [6, 6.07) is 12.4. The molecule has 2 aromatic rings. The Morgan fingerprint density at radius 3 is 2.59 bits per heavy atom. The molecule has 0 saturated carbocycles. The first-order valence-corrected chi connectivity index (χ1v) is 8.48. The molecule has 0 spiro atoms. The van der Waals surface area contributed by atoms with Crippen LogP contribution in [0.2, 0.25) is 0 Å². The van der Waals surface area contributed by atoms with Gasteiger partial charge >= 0.3 is 5.97 Å². The number of carbonyl (C=O) groups excluding carboxylic acids is 2. The van der Waals surface area contributed by atoms with Crippen molar-refractivity contribution in [1.82, 2.24) is 0 Å². The van der Waals surface area contributed by atoms with E-state index < -0.39 is 16.8 Å². The molecule has 0 N–H and O–H groups in total.